The number of anilines is 3. The van der Waals surface area contributed by atoms with Crippen LogP contribution < -0.4 is 15.4 Å². The first kappa shape index (κ1) is 28.2. The Bertz CT molecular complexity index is 1780. The molecule has 12 heteroatoms. The molecule has 1 saturated heterocycles. The number of amides is 1. The first-order valence-electron chi connectivity index (χ1n) is 13.7. The normalized spacial score (nSPS) is 15.3. The zero-order valence-electron chi connectivity index (χ0n) is 23.1. The van der Waals surface area contributed by atoms with E-state index in [1.165, 1.54) is 25.6 Å². The fourth-order valence-corrected chi connectivity index (χ4v) is 5.08. The van der Waals surface area contributed by atoms with Gasteiger partial charge in [-0.25, -0.2) is 15.0 Å². The maximum absolute atomic E-state index is 13.3. The Kier molecular flexibility index (Phi) is 7.68. The van der Waals surface area contributed by atoms with Crippen molar-refractivity contribution in [2.75, 3.05) is 24.4 Å². The van der Waals surface area contributed by atoms with Crippen LogP contribution in [0.3, 0.4) is 0 Å². The van der Waals surface area contributed by atoms with Crippen molar-refractivity contribution in [3.05, 3.63) is 90.3 Å². The molecule has 3 heterocycles. The highest BCUT2D eigenvalue weighted by atomic mass is 19.4. The van der Waals surface area contributed by atoms with Crippen LogP contribution >= 0.6 is 0 Å². The molecule has 1 unspecified atom stereocenters. The monoisotopic (exact) mass is 588 g/mol. The van der Waals surface area contributed by atoms with Crippen molar-refractivity contribution >= 4 is 34.3 Å². The number of nitrogens with zero attached hydrogens (tertiary/aromatic N) is 4. The summed E-state index contributed by atoms with van der Waals surface area (Å²) in [5.74, 6) is 0.882. The number of halogens is 3. The summed E-state index contributed by atoms with van der Waals surface area (Å²) in [6, 6.07) is 19.0. The van der Waals surface area contributed by atoms with E-state index in [2.05, 4.69) is 20.6 Å². The number of alkyl halides is 3. The molecule has 0 radical (unpaired) electrons. The molecule has 0 aliphatic carbocycles. The molecule has 1 atom stereocenters. The van der Waals surface area contributed by atoms with Gasteiger partial charge < -0.3 is 20.1 Å². The topological polar surface area (TPSA) is 103 Å². The summed E-state index contributed by atoms with van der Waals surface area (Å²) in [6.45, 7) is 0.569. The van der Waals surface area contributed by atoms with E-state index in [1.54, 1.807) is 42.5 Å². The van der Waals surface area contributed by atoms with E-state index >= 15 is 0 Å². The molecule has 5 aromatic rings. The van der Waals surface area contributed by atoms with Crippen molar-refractivity contribution in [3.63, 3.8) is 0 Å². The van der Waals surface area contributed by atoms with Gasteiger partial charge in [-0.05, 0) is 61.7 Å². The molecule has 3 aromatic carbocycles. The summed E-state index contributed by atoms with van der Waals surface area (Å²) in [5, 5.41) is 5.90. The third-order valence-corrected chi connectivity index (χ3v) is 7.10. The Labute approximate surface area is 244 Å². The fourth-order valence-electron chi connectivity index (χ4n) is 5.08. The number of benzene rings is 3. The molecule has 43 heavy (non-hydrogen) atoms. The smallest absolute Gasteiger partial charge is 0.416 e. The summed E-state index contributed by atoms with van der Waals surface area (Å²) in [7, 11) is 1.50. The number of imidazole rings is 1. The third-order valence-electron chi connectivity index (χ3n) is 7.10. The predicted molar refractivity (Wildman–Crippen MR) is 155 cm³/mol. The van der Waals surface area contributed by atoms with Crippen LogP contribution in [0.5, 0.6) is 5.75 Å². The molecule has 0 saturated carbocycles. The third kappa shape index (κ3) is 5.86. The molecule has 1 aliphatic rings. The second kappa shape index (κ2) is 11.7. The van der Waals surface area contributed by atoms with E-state index in [9.17, 15) is 18.0 Å². The van der Waals surface area contributed by atoms with Crippen LogP contribution in [0.1, 0.15) is 41.4 Å². The number of carbonyl (C=O) groups excluding carboxylic acids is 1. The molecular weight excluding hydrogens is 561 g/mol. The SMILES string of the molecule is COc1ccccc1C(=O)Nc1cccc(-c2nc3c(Nc4cccc(C(F)(F)F)c4)ncnc3n2C2CCCCO2)c1. The maximum Gasteiger partial charge on any atom is 0.416 e. The standard InChI is InChI=1S/C31H27F3N6O3/c1-42-24-13-3-2-12-23(24)30(41)38-21-10-6-8-19(16-21)28-39-26-27(37-22-11-7-9-20(17-22)31(32,33)34)35-18-36-29(26)40(28)25-14-4-5-15-43-25/h2-3,6-13,16-18,25H,4-5,14-15H2,1H3,(H,38,41)(H,35,36,37). The molecule has 2 N–H and O–H groups in total. The number of carbonyl (C=O) groups is 1. The minimum absolute atomic E-state index is 0.209. The highest BCUT2D eigenvalue weighted by Gasteiger charge is 2.31. The lowest BCUT2D eigenvalue weighted by Gasteiger charge is -2.25. The van der Waals surface area contributed by atoms with Crippen molar-refractivity contribution in [3.8, 4) is 17.1 Å². The maximum atomic E-state index is 13.3. The lowest BCUT2D eigenvalue weighted by Crippen LogP contribution is -2.19. The minimum Gasteiger partial charge on any atom is -0.496 e. The highest BCUT2D eigenvalue weighted by molar-refractivity contribution is 6.06. The van der Waals surface area contributed by atoms with Crippen molar-refractivity contribution in [1.82, 2.24) is 19.5 Å². The summed E-state index contributed by atoms with van der Waals surface area (Å²) in [4.78, 5) is 26.7. The van der Waals surface area contributed by atoms with Crippen LogP contribution in [-0.4, -0.2) is 39.1 Å². The van der Waals surface area contributed by atoms with Gasteiger partial charge in [0.2, 0.25) is 0 Å². The van der Waals surface area contributed by atoms with Gasteiger partial charge in [-0.1, -0.05) is 30.3 Å². The number of ether oxygens (including phenoxy) is 2. The predicted octanol–water partition coefficient (Wildman–Crippen LogP) is 7.22. The Hall–Kier alpha value is -4.97. The van der Waals surface area contributed by atoms with Crippen LogP contribution in [0.25, 0.3) is 22.6 Å². The minimum atomic E-state index is -4.49. The number of rotatable bonds is 7. The van der Waals surface area contributed by atoms with Gasteiger partial charge in [-0.2, -0.15) is 13.2 Å². The first-order valence-corrected chi connectivity index (χ1v) is 13.7. The lowest BCUT2D eigenvalue weighted by molar-refractivity contribution is -0.137. The van der Waals surface area contributed by atoms with Crippen LogP contribution in [0, 0.1) is 0 Å². The Morgan fingerprint density at radius 1 is 1.00 bits per heavy atom. The average molecular weight is 589 g/mol. The number of para-hydroxylation sites is 1. The van der Waals surface area contributed by atoms with Gasteiger partial charge in [-0.3, -0.25) is 9.36 Å². The second-order valence-corrected chi connectivity index (χ2v) is 9.96. The number of nitrogens with one attached hydrogen (secondary N) is 2. The van der Waals surface area contributed by atoms with Crippen LogP contribution in [0.15, 0.2) is 79.1 Å². The summed E-state index contributed by atoms with van der Waals surface area (Å²) >= 11 is 0. The van der Waals surface area contributed by atoms with Crippen molar-refractivity contribution in [2.45, 2.75) is 31.7 Å². The highest BCUT2D eigenvalue weighted by Crippen LogP contribution is 2.36. The Morgan fingerprint density at radius 2 is 1.81 bits per heavy atom. The van der Waals surface area contributed by atoms with Gasteiger partial charge in [0.15, 0.2) is 17.0 Å². The fraction of sp³-hybridized carbons (Fsp3) is 0.226. The number of hydrogen-bond acceptors (Lipinski definition) is 7. The molecule has 1 fully saturated rings. The summed E-state index contributed by atoms with van der Waals surface area (Å²) in [5.41, 5.74) is 1.86. The molecule has 6 rings (SSSR count). The van der Waals surface area contributed by atoms with Gasteiger partial charge in [0.05, 0.1) is 18.2 Å². The van der Waals surface area contributed by atoms with E-state index in [0.29, 0.717) is 46.2 Å². The van der Waals surface area contributed by atoms with Gasteiger partial charge >= 0.3 is 6.18 Å². The molecule has 1 aliphatic heterocycles. The van der Waals surface area contributed by atoms with E-state index in [-0.39, 0.29) is 23.6 Å². The van der Waals surface area contributed by atoms with Crippen LogP contribution in [0.4, 0.5) is 30.4 Å². The van der Waals surface area contributed by atoms with Gasteiger partial charge in [-0.15, -0.1) is 0 Å². The van der Waals surface area contributed by atoms with Crippen LogP contribution in [0.2, 0.25) is 0 Å². The molecular formula is C31H27F3N6O3. The molecule has 0 bridgehead atoms. The average Bonchev–Trinajstić information content (AvgIpc) is 3.42. The van der Waals surface area contributed by atoms with E-state index in [4.69, 9.17) is 14.5 Å². The largest absolute Gasteiger partial charge is 0.496 e. The van der Waals surface area contributed by atoms with Gasteiger partial charge in [0, 0.05) is 23.5 Å². The Morgan fingerprint density at radius 3 is 2.60 bits per heavy atom. The number of hydrogen-bond donors (Lipinski definition) is 2. The molecule has 220 valence electrons. The number of methoxy groups -OCH3 is 1. The summed E-state index contributed by atoms with van der Waals surface area (Å²) in [6.07, 6.45) is -0.912. The van der Waals surface area contributed by atoms with E-state index in [1.807, 2.05) is 10.6 Å². The van der Waals surface area contributed by atoms with Crippen molar-refractivity contribution in [2.24, 2.45) is 0 Å². The zero-order chi connectivity index (χ0) is 30.0. The van der Waals surface area contributed by atoms with E-state index in [0.717, 1.165) is 31.4 Å². The Balaban J connectivity index is 1.40. The zero-order valence-corrected chi connectivity index (χ0v) is 23.1. The lowest BCUT2D eigenvalue weighted by atomic mass is 10.1. The van der Waals surface area contributed by atoms with Gasteiger partial charge in [0.1, 0.15) is 24.1 Å². The second-order valence-electron chi connectivity index (χ2n) is 9.96. The number of aromatic nitrogens is 4. The van der Waals surface area contributed by atoms with Crippen LogP contribution in [-0.2, 0) is 10.9 Å². The molecule has 9 nitrogen and oxygen atoms in total. The molecule has 2 aromatic heterocycles. The van der Waals surface area contributed by atoms with Crippen molar-refractivity contribution < 1.29 is 27.4 Å². The summed E-state index contributed by atoms with van der Waals surface area (Å²) < 4.78 is 53.3. The first-order chi connectivity index (χ1) is 20.8. The quantitative estimate of drug-likeness (QED) is 0.207. The number of fused-ring (bicyclic) bond motifs is 1. The van der Waals surface area contributed by atoms with Gasteiger partial charge in [0.25, 0.3) is 5.91 Å². The molecule has 0 spiro atoms. The van der Waals surface area contributed by atoms with E-state index < -0.39 is 11.7 Å². The van der Waals surface area contributed by atoms with Crippen molar-refractivity contribution in [1.29, 1.82) is 0 Å². The molecule has 1 amide bonds.